The van der Waals surface area contributed by atoms with Crippen molar-refractivity contribution >= 4 is 17.8 Å². The number of amides is 4. The molecule has 0 saturated carbocycles. The van der Waals surface area contributed by atoms with Gasteiger partial charge in [0.1, 0.15) is 6.42 Å². The molecule has 0 spiro atoms. The Kier molecular flexibility index (Phi) is 2.43. The zero-order valence-corrected chi connectivity index (χ0v) is 8.64. The second-order valence-corrected chi connectivity index (χ2v) is 3.49. The first-order valence-corrected chi connectivity index (χ1v) is 4.69. The molecule has 1 fully saturated rings. The summed E-state index contributed by atoms with van der Waals surface area (Å²) in [6.07, 6.45) is 1.42. The summed E-state index contributed by atoms with van der Waals surface area (Å²) in [6.45, 7) is 0.0821. The number of barbiturate groups is 1. The van der Waals surface area contributed by atoms with Gasteiger partial charge in [0.25, 0.3) is 0 Å². The lowest BCUT2D eigenvalue weighted by Crippen LogP contribution is -2.52. The summed E-state index contributed by atoms with van der Waals surface area (Å²) >= 11 is 0. The van der Waals surface area contributed by atoms with Gasteiger partial charge in [0.15, 0.2) is 0 Å². The van der Waals surface area contributed by atoms with Crippen LogP contribution in [0.15, 0.2) is 12.3 Å². The number of hydrogen-bond donors (Lipinski definition) is 1. The molecule has 7 nitrogen and oxygen atoms in total. The highest BCUT2D eigenvalue weighted by Gasteiger charge is 2.30. The van der Waals surface area contributed by atoms with E-state index in [4.69, 9.17) is 0 Å². The van der Waals surface area contributed by atoms with Gasteiger partial charge in [0, 0.05) is 13.2 Å². The van der Waals surface area contributed by atoms with E-state index in [-0.39, 0.29) is 13.0 Å². The molecule has 0 radical (unpaired) electrons. The van der Waals surface area contributed by atoms with Gasteiger partial charge in [-0.1, -0.05) is 0 Å². The van der Waals surface area contributed by atoms with Crippen molar-refractivity contribution in [3.05, 3.63) is 18.0 Å². The predicted octanol–water partition coefficient (Wildman–Crippen LogP) is -0.611. The van der Waals surface area contributed by atoms with Gasteiger partial charge < -0.3 is 0 Å². The summed E-state index contributed by atoms with van der Waals surface area (Å²) in [5, 5.41) is 6.13. The second-order valence-electron chi connectivity index (χ2n) is 3.49. The van der Waals surface area contributed by atoms with Crippen LogP contribution in [0.25, 0.3) is 0 Å². The Balaban J connectivity index is 2.12. The molecule has 1 aromatic heterocycles. The lowest BCUT2D eigenvalue weighted by atomic mass is 10.2. The van der Waals surface area contributed by atoms with Crippen molar-refractivity contribution in [1.29, 1.82) is 0 Å². The number of carbonyl (C=O) groups is 3. The third-order valence-electron chi connectivity index (χ3n) is 2.19. The molecule has 1 aliphatic rings. The molecule has 0 atom stereocenters. The number of aryl methyl sites for hydroxylation is 1. The van der Waals surface area contributed by atoms with E-state index < -0.39 is 17.8 Å². The van der Waals surface area contributed by atoms with E-state index in [1.807, 2.05) is 0 Å². The summed E-state index contributed by atoms with van der Waals surface area (Å²) in [4.78, 5) is 34.7. The average Bonchev–Trinajstić information content (AvgIpc) is 2.58. The first-order chi connectivity index (χ1) is 7.56. The quantitative estimate of drug-likeness (QED) is 0.676. The minimum Gasteiger partial charge on any atom is -0.277 e. The molecule has 1 N–H and O–H groups in total. The highest BCUT2D eigenvalue weighted by atomic mass is 16.2. The number of nitrogens with one attached hydrogen (secondary N) is 1. The topological polar surface area (TPSA) is 84.3 Å². The van der Waals surface area contributed by atoms with Crippen molar-refractivity contribution in [3.63, 3.8) is 0 Å². The minimum atomic E-state index is -0.688. The summed E-state index contributed by atoms with van der Waals surface area (Å²) in [5.41, 5.74) is 0.598. The van der Waals surface area contributed by atoms with E-state index >= 15 is 0 Å². The maximum atomic E-state index is 11.4. The minimum absolute atomic E-state index is 0.0821. The van der Waals surface area contributed by atoms with E-state index in [1.165, 1.54) is 0 Å². The number of imide groups is 2. The van der Waals surface area contributed by atoms with E-state index in [9.17, 15) is 14.4 Å². The van der Waals surface area contributed by atoms with Crippen LogP contribution in [0.3, 0.4) is 0 Å². The van der Waals surface area contributed by atoms with Crippen molar-refractivity contribution in [2.75, 3.05) is 0 Å². The molecule has 2 heterocycles. The lowest BCUT2D eigenvalue weighted by Gasteiger charge is -2.23. The number of hydrogen-bond acceptors (Lipinski definition) is 4. The fraction of sp³-hybridized carbons (Fsp3) is 0.333. The number of aromatic nitrogens is 2. The van der Waals surface area contributed by atoms with Gasteiger partial charge in [-0.2, -0.15) is 5.10 Å². The normalized spacial score (nSPS) is 16.6. The van der Waals surface area contributed by atoms with Crippen molar-refractivity contribution < 1.29 is 14.4 Å². The average molecular weight is 222 g/mol. The van der Waals surface area contributed by atoms with Gasteiger partial charge >= 0.3 is 6.03 Å². The molecule has 16 heavy (non-hydrogen) atoms. The largest absolute Gasteiger partial charge is 0.331 e. The molecule has 84 valence electrons. The summed E-state index contributed by atoms with van der Waals surface area (Å²) < 4.78 is 1.58. The molecule has 1 saturated heterocycles. The van der Waals surface area contributed by atoms with E-state index in [2.05, 4.69) is 10.4 Å². The molecule has 0 bridgehead atoms. The number of rotatable bonds is 2. The van der Waals surface area contributed by atoms with E-state index in [0.29, 0.717) is 5.69 Å². The molecule has 0 aromatic carbocycles. The molecule has 7 heteroatoms. The van der Waals surface area contributed by atoms with Gasteiger partial charge in [-0.05, 0) is 6.07 Å². The number of carbonyl (C=O) groups excluding carboxylic acids is 3. The van der Waals surface area contributed by atoms with Crippen molar-refractivity contribution in [2.45, 2.75) is 13.0 Å². The summed E-state index contributed by atoms with van der Waals surface area (Å²) in [7, 11) is 1.74. The summed E-state index contributed by atoms with van der Waals surface area (Å²) in [6, 6.07) is 1.02. The Bertz CT molecular complexity index is 445. The zero-order valence-electron chi connectivity index (χ0n) is 8.64. The molecule has 0 aliphatic carbocycles. The Morgan fingerprint density at radius 2 is 2.19 bits per heavy atom. The first-order valence-electron chi connectivity index (χ1n) is 4.69. The Morgan fingerprint density at radius 1 is 1.44 bits per heavy atom. The zero-order chi connectivity index (χ0) is 11.7. The summed E-state index contributed by atoms with van der Waals surface area (Å²) in [5.74, 6) is -1.06. The lowest BCUT2D eigenvalue weighted by molar-refractivity contribution is -0.136. The monoisotopic (exact) mass is 222 g/mol. The van der Waals surface area contributed by atoms with Crippen LogP contribution in [0.1, 0.15) is 12.1 Å². The van der Waals surface area contributed by atoms with Crippen LogP contribution >= 0.6 is 0 Å². The number of nitrogens with zero attached hydrogens (tertiary/aromatic N) is 3. The van der Waals surface area contributed by atoms with Crippen molar-refractivity contribution in [1.82, 2.24) is 20.0 Å². The highest BCUT2D eigenvalue weighted by Crippen LogP contribution is 2.07. The smallest absolute Gasteiger partial charge is 0.277 e. The Morgan fingerprint density at radius 3 is 2.75 bits per heavy atom. The van der Waals surface area contributed by atoms with Crippen LogP contribution in [0.5, 0.6) is 0 Å². The van der Waals surface area contributed by atoms with Crippen molar-refractivity contribution in [2.24, 2.45) is 7.05 Å². The van der Waals surface area contributed by atoms with Crippen molar-refractivity contribution in [3.8, 4) is 0 Å². The van der Waals surface area contributed by atoms with E-state index in [1.54, 1.807) is 24.0 Å². The van der Waals surface area contributed by atoms with Gasteiger partial charge in [0.05, 0.1) is 12.2 Å². The fourth-order valence-corrected chi connectivity index (χ4v) is 1.45. The standard InChI is InChI=1S/C9H10N4O3/c1-12-3-2-6(11-12)5-13-8(15)4-7(14)10-9(13)16/h2-3H,4-5H2,1H3,(H,10,14,16). The molecule has 4 amide bonds. The predicted molar refractivity (Wildman–Crippen MR) is 51.9 cm³/mol. The Hall–Kier alpha value is -2.18. The second kappa shape index (κ2) is 3.76. The molecule has 0 unspecified atom stereocenters. The van der Waals surface area contributed by atoms with Gasteiger partial charge in [-0.3, -0.25) is 24.5 Å². The molecular formula is C9H10N4O3. The van der Waals surface area contributed by atoms with Crippen LogP contribution in [0.2, 0.25) is 0 Å². The molecule has 2 rings (SSSR count). The molecular weight excluding hydrogens is 212 g/mol. The third-order valence-corrected chi connectivity index (χ3v) is 2.19. The Labute approximate surface area is 91.0 Å². The first kappa shape index (κ1) is 10.3. The maximum Gasteiger partial charge on any atom is 0.331 e. The highest BCUT2D eigenvalue weighted by molar-refractivity contribution is 6.13. The van der Waals surface area contributed by atoms with Crippen LogP contribution in [-0.2, 0) is 23.2 Å². The van der Waals surface area contributed by atoms with Crippen LogP contribution in [0.4, 0.5) is 4.79 Å². The third kappa shape index (κ3) is 1.92. The molecule has 1 aromatic rings. The van der Waals surface area contributed by atoms with E-state index in [0.717, 1.165) is 4.90 Å². The maximum absolute atomic E-state index is 11.4. The van der Waals surface area contributed by atoms with Crippen LogP contribution in [0, 0.1) is 0 Å². The van der Waals surface area contributed by atoms with Gasteiger partial charge in [-0.15, -0.1) is 0 Å². The fourth-order valence-electron chi connectivity index (χ4n) is 1.45. The van der Waals surface area contributed by atoms with Gasteiger partial charge in [0.2, 0.25) is 11.8 Å². The van der Waals surface area contributed by atoms with Gasteiger partial charge in [-0.25, -0.2) is 4.79 Å². The molecule has 1 aliphatic heterocycles. The van der Waals surface area contributed by atoms with Crippen LogP contribution in [-0.4, -0.2) is 32.5 Å². The number of urea groups is 1. The SMILES string of the molecule is Cn1ccc(CN2C(=O)CC(=O)NC2=O)n1. The van der Waals surface area contributed by atoms with Crippen LogP contribution < -0.4 is 5.32 Å².